The Balaban J connectivity index is 1.92. The summed E-state index contributed by atoms with van der Waals surface area (Å²) in [5.74, 6) is 0.379. The molecular formula is C16H21N5OS. The Morgan fingerprint density at radius 1 is 1.30 bits per heavy atom. The number of rotatable bonds is 5. The van der Waals surface area contributed by atoms with Crippen molar-refractivity contribution in [3.05, 3.63) is 40.9 Å². The zero-order valence-corrected chi connectivity index (χ0v) is 14.4. The van der Waals surface area contributed by atoms with Gasteiger partial charge in [0.25, 0.3) is 0 Å². The van der Waals surface area contributed by atoms with Crippen LogP contribution in [-0.2, 0) is 17.6 Å². The van der Waals surface area contributed by atoms with Gasteiger partial charge in [-0.3, -0.25) is 4.79 Å². The molecule has 0 fully saturated rings. The normalized spacial score (nSPS) is 11.3. The van der Waals surface area contributed by atoms with Crippen LogP contribution < -0.4 is 11.1 Å². The zero-order chi connectivity index (χ0) is 16.8. The van der Waals surface area contributed by atoms with Gasteiger partial charge in [-0.05, 0) is 30.5 Å². The number of aliphatic imine (C=N–C) groups is 1. The summed E-state index contributed by atoms with van der Waals surface area (Å²) in [6.45, 7) is 1.48. The van der Waals surface area contributed by atoms with Gasteiger partial charge in [0.1, 0.15) is 0 Å². The highest BCUT2D eigenvalue weighted by atomic mass is 32.1. The van der Waals surface area contributed by atoms with E-state index in [-0.39, 0.29) is 5.91 Å². The number of carbonyl (C=O) groups is 1. The average molecular weight is 331 g/mol. The molecule has 1 aromatic heterocycles. The lowest BCUT2D eigenvalue weighted by molar-refractivity contribution is -0.114. The lowest BCUT2D eigenvalue weighted by atomic mass is 10.1. The van der Waals surface area contributed by atoms with Crippen LogP contribution in [0.1, 0.15) is 18.2 Å². The van der Waals surface area contributed by atoms with Crippen molar-refractivity contribution in [3.63, 3.8) is 0 Å². The van der Waals surface area contributed by atoms with E-state index in [4.69, 9.17) is 5.73 Å². The molecule has 1 heterocycles. The third kappa shape index (κ3) is 5.37. The molecule has 1 aromatic carbocycles. The number of guanidine groups is 1. The van der Waals surface area contributed by atoms with Crippen LogP contribution in [0.5, 0.6) is 0 Å². The van der Waals surface area contributed by atoms with Crippen molar-refractivity contribution in [2.24, 2.45) is 10.7 Å². The first-order chi connectivity index (χ1) is 10.9. The number of aryl methyl sites for hydroxylation is 2. The highest BCUT2D eigenvalue weighted by molar-refractivity contribution is 7.13. The first-order valence-corrected chi connectivity index (χ1v) is 8.14. The Morgan fingerprint density at radius 2 is 2.00 bits per heavy atom. The van der Waals surface area contributed by atoms with Gasteiger partial charge in [0.15, 0.2) is 11.1 Å². The maximum Gasteiger partial charge on any atom is 0.223 e. The molecule has 0 saturated heterocycles. The maximum absolute atomic E-state index is 11.0. The number of nitrogens with two attached hydrogens (primary N) is 1. The van der Waals surface area contributed by atoms with E-state index in [9.17, 15) is 4.79 Å². The molecule has 0 unspecified atom stereocenters. The maximum atomic E-state index is 11.0. The van der Waals surface area contributed by atoms with Gasteiger partial charge in [-0.15, -0.1) is 11.3 Å². The standard InChI is InChI=1S/C16H21N5OS/c1-11(22)18-16-20-14(10-23-16)9-6-12-4-7-13(8-5-12)19-15(17)21(2)3/h4-5,7-8,10H,6,9H2,1-3H3,(H2,17,19)(H,18,20,22). The summed E-state index contributed by atoms with van der Waals surface area (Å²) in [6.07, 6.45) is 1.72. The molecule has 0 spiro atoms. The predicted octanol–water partition coefficient (Wildman–Crippen LogP) is 2.39. The fourth-order valence-corrected chi connectivity index (χ4v) is 2.66. The van der Waals surface area contributed by atoms with Crippen LogP contribution in [-0.4, -0.2) is 35.8 Å². The average Bonchev–Trinajstić information content (AvgIpc) is 2.93. The highest BCUT2D eigenvalue weighted by Gasteiger charge is 2.04. The largest absolute Gasteiger partial charge is 0.370 e. The molecule has 0 saturated carbocycles. The Hall–Kier alpha value is -2.41. The Morgan fingerprint density at radius 3 is 2.61 bits per heavy atom. The number of nitrogens with zero attached hydrogens (tertiary/aromatic N) is 3. The van der Waals surface area contributed by atoms with Crippen molar-refractivity contribution in [1.29, 1.82) is 0 Å². The lowest BCUT2D eigenvalue weighted by Crippen LogP contribution is -2.29. The monoisotopic (exact) mass is 331 g/mol. The van der Waals surface area contributed by atoms with E-state index in [1.807, 2.05) is 43.7 Å². The summed E-state index contributed by atoms with van der Waals surface area (Å²) in [7, 11) is 3.71. The second kappa shape index (κ2) is 7.73. The van der Waals surface area contributed by atoms with E-state index in [0.717, 1.165) is 24.2 Å². The minimum atomic E-state index is -0.0981. The van der Waals surface area contributed by atoms with Crippen LogP contribution in [0.2, 0.25) is 0 Å². The summed E-state index contributed by atoms with van der Waals surface area (Å²) in [4.78, 5) is 21.5. The number of thiazole rings is 1. The molecule has 0 aliphatic carbocycles. The SMILES string of the molecule is CC(=O)Nc1nc(CCc2ccc(N=C(N)N(C)C)cc2)cs1. The van der Waals surface area contributed by atoms with E-state index in [0.29, 0.717) is 11.1 Å². The summed E-state index contributed by atoms with van der Waals surface area (Å²) in [5, 5.41) is 5.32. The van der Waals surface area contributed by atoms with Crippen molar-refractivity contribution >= 4 is 34.0 Å². The molecule has 2 aromatic rings. The Kier molecular flexibility index (Phi) is 5.70. The van der Waals surface area contributed by atoms with Gasteiger partial charge >= 0.3 is 0 Å². The van der Waals surface area contributed by atoms with Crippen molar-refractivity contribution in [2.75, 3.05) is 19.4 Å². The molecule has 0 aliphatic rings. The smallest absolute Gasteiger partial charge is 0.223 e. The Bertz CT molecular complexity index is 691. The van der Waals surface area contributed by atoms with Gasteiger partial charge in [0.2, 0.25) is 5.91 Å². The molecule has 0 radical (unpaired) electrons. The van der Waals surface area contributed by atoms with Crippen molar-refractivity contribution in [3.8, 4) is 0 Å². The number of carbonyl (C=O) groups excluding carboxylic acids is 1. The topological polar surface area (TPSA) is 83.6 Å². The van der Waals surface area contributed by atoms with Crippen LogP contribution in [0.3, 0.4) is 0 Å². The number of nitrogens with one attached hydrogen (secondary N) is 1. The summed E-state index contributed by atoms with van der Waals surface area (Å²) < 4.78 is 0. The number of anilines is 1. The van der Waals surface area contributed by atoms with Crippen molar-refractivity contribution in [1.82, 2.24) is 9.88 Å². The fourth-order valence-electron chi connectivity index (χ4n) is 1.87. The molecule has 0 aliphatic heterocycles. The quantitative estimate of drug-likeness (QED) is 0.651. The Labute approximate surface area is 140 Å². The highest BCUT2D eigenvalue weighted by Crippen LogP contribution is 2.18. The van der Waals surface area contributed by atoms with Crippen LogP contribution in [0.25, 0.3) is 0 Å². The minimum Gasteiger partial charge on any atom is -0.370 e. The molecule has 3 N–H and O–H groups in total. The second-order valence-corrected chi connectivity index (χ2v) is 6.21. The molecule has 0 bridgehead atoms. The number of benzene rings is 1. The van der Waals surface area contributed by atoms with Crippen LogP contribution in [0.4, 0.5) is 10.8 Å². The molecular weight excluding hydrogens is 310 g/mol. The van der Waals surface area contributed by atoms with Crippen molar-refractivity contribution < 1.29 is 4.79 Å². The second-order valence-electron chi connectivity index (χ2n) is 5.36. The number of hydrogen-bond donors (Lipinski definition) is 2. The molecule has 2 rings (SSSR count). The van der Waals surface area contributed by atoms with E-state index in [1.54, 1.807) is 4.90 Å². The molecule has 7 heteroatoms. The molecule has 0 atom stereocenters. The molecule has 122 valence electrons. The zero-order valence-electron chi connectivity index (χ0n) is 13.5. The third-order valence-corrected chi connectivity index (χ3v) is 3.95. The minimum absolute atomic E-state index is 0.0981. The fraction of sp³-hybridized carbons (Fsp3) is 0.312. The molecule has 23 heavy (non-hydrogen) atoms. The van der Waals surface area contributed by atoms with E-state index in [1.165, 1.54) is 23.8 Å². The number of aromatic nitrogens is 1. The van der Waals surface area contributed by atoms with Crippen LogP contribution in [0.15, 0.2) is 34.6 Å². The number of amides is 1. The summed E-state index contributed by atoms with van der Waals surface area (Å²) >= 11 is 1.45. The van der Waals surface area contributed by atoms with Crippen LogP contribution in [0, 0.1) is 0 Å². The molecule has 6 nitrogen and oxygen atoms in total. The van der Waals surface area contributed by atoms with Gasteiger partial charge in [-0.1, -0.05) is 12.1 Å². The van der Waals surface area contributed by atoms with E-state index < -0.39 is 0 Å². The van der Waals surface area contributed by atoms with Gasteiger partial charge in [0.05, 0.1) is 11.4 Å². The van der Waals surface area contributed by atoms with Crippen LogP contribution >= 0.6 is 11.3 Å². The predicted molar refractivity (Wildman–Crippen MR) is 95.2 cm³/mol. The van der Waals surface area contributed by atoms with Gasteiger partial charge in [0, 0.05) is 26.4 Å². The van der Waals surface area contributed by atoms with E-state index >= 15 is 0 Å². The first-order valence-electron chi connectivity index (χ1n) is 7.26. The number of hydrogen-bond acceptors (Lipinski definition) is 4. The van der Waals surface area contributed by atoms with E-state index in [2.05, 4.69) is 15.3 Å². The summed E-state index contributed by atoms with van der Waals surface area (Å²) in [6, 6.07) is 8.00. The first kappa shape index (κ1) is 17.0. The van der Waals surface area contributed by atoms with Gasteiger partial charge in [-0.2, -0.15) is 0 Å². The third-order valence-electron chi connectivity index (χ3n) is 3.14. The lowest BCUT2D eigenvalue weighted by Gasteiger charge is -2.10. The molecule has 1 amide bonds. The van der Waals surface area contributed by atoms with Gasteiger partial charge < -0.3 is 16.0 Å². The van der Waals surface area contributed by atoms with Crippen molar-refractivity contribution in [2.45, 2.75) is 19.8 Å². The van der Waals surface area contributed by atoms with Gasteiger partial charge in [-0.25, -0.2) is 9.98 Å². The summed E-state index contributed by atoms with van der Waals surface area (Å²) in [5.41, 5.74) is 8.83.